The first kappa shape index (κ1) is 14.3. The number of fused-ring (bicyclic) bond motifs is 1. The van der Waals surface area contributed by atoms with Crippen molar-refractivity contribution in [3.8, 4) is 0 Å². The van der Waals surface area contributed by atoms with Crippen molar-refractivity contribution in [3.05, 3.63) is 42.5 Å². The number of carbonyl (C=O) groups is 2. The second kappa shape index (κ2) is 5.46. The monoisotopic (exact) mass is 288 g/mol. The smallest absolute Gasteiger partial charge is 0.482 e. The molecule has 0 atom stereocenters. The molecule has 0 heterocycles. The number of rotatable bonds is 3. The van der Waals surface area contributed by atoms with Crippen LogP contribution in [-0.4, -0.2) is 20.5 Å². The highest BCUT2D eigenvalue weighted by Crippen LogP contribution is 2.18. The van der Waals surface area contributed by atoms with Gasteiger partial charge < -0.3 is 8.85 Å². The summed E-state index contributed by atoms with van der Waals surface area (Å²) < 4.78 is 10.8. The van der Waals surface area contributed by atoms with E-state index >= 15 is 0 Å². The summed E-state index contributed by atoms with van der Waals surface area (Å²) in [5.41, 5.74) is 0. The van der Waals surface area contributed by atoms with Crippen molar-refractivity contribution in [3.63, 3.8) is 0 Å². The summed E-state index contributed by atoms with van der Waals surface area (Å²) in [6.07, 6.45) is 0. The maximum atomic E-state index is 11.4. The minimum absolute atomic E-state index is 0.451. The van der Waals surface area contributed by atoms with Crippen molar-refractivity contribution < 1.29 is 18.4 Å². The molecule has 0 unspecified atom stereocenters. The molecule has 0 fully saturated rings. The summed E-state index contributed by atoms with van der Waals surface area (Å²) in [6, 6.07) is 13.4. The number of hydrogen-bond acceptors (Lipinski definition) is 4. The summed E-state index contributed by atoms with van der Waals surface area (Å²) in [5, 5.41) is 2.73. The van der Waals surface area contributed by atoms with Crippen molar-refractivity contribution in [2.24, 2.45) is 0 Å². The Hall–Kier alpha value is -2.14. The van der Waals surface area contributed by atoms with E-state index in [0.717, 1.165) is 16.0 Å². The van der Waals surface area contributed by atoms with Crippen molar-refractivity contribution in [1.82, 2.24) is 0 Å². The van der Waals surface area contributed by atoms with Gasteiger partial charge in [0.1, 0.15) is 0 Å². The maximum absolute atomic E-state index is 11.4. The Kier molecular flexibility index (Phi) is 3.90. The van der Waals surface area contributed by atoms with Crippen molar-refractivity contribution in [1.29, 1.82) is 0 Å². The van der Waals surface area contributed by atoms with Gasteiger partial charge in [-0.3, -0.25) is 9.59 Å². The molecule has 0 aliphatic heterocycles. The quantitative estimate of drug-likeness (QED) is 0.813. The topological polar surface area (TPSA) is 52.6 Å². The van der Waals surface area contributed by atoms with E-state index < -0.39 is 20.5 Å². The number of hydrogen-bond donors (Lipinski definition) is 0. The van der Waals surface area contributed by atoms with Gasteiger partial charge in [0.2, 0.25) is 0 Å². The summed E-state index contributed by atoms with van der Waals surface area (Å²) in [7, 11) is -3.12. The van der Waals surface area contributed by atoms with Gasteiger partial charge in [-0.05, 0) is 10.8 Å². The molecule has 0 amide bonds. The highest BCUT2D eigenvalue weighted by atomic mass is 28.4. The van der Waals surface area contributed by atoms with Crippen LogP contribution in [0.5, 0.6) is 0 Å². The predicted molar refractivity (Wildman–Crippen MR) is 78.7 cm³/mol. The first-order valence-corrected chi connectivity index (χ1v) is 8.61. The zero-order chi connectivity index (χ0) is 14.8. The number of carbonyl (C=O) groups excluding carboxylic acids is 2. The Morgan fingerprint density at radius 3 is 2.05 bits per heavy atom. The molecule has 0 saturated heterocycles. The zero-order valence-electron chi connectivity index (χ0n) is 11.7. The zero-order valence-corrected chi connectivity index (χ0v) is 12.7. The Bertz CT molecular complexity index is 644. The highest BCUT2D eigenvalue weighted by molar-refractivity contribution is 6.84. The molecule has 0 aromatic heterocycles. The first-order chi connectivity index (χ1) is 9.42. The Labute approximate surface area is 118 Å². The van der Waals surface area contributed by atoms with Gasteiger partial charge in [0.05, 0.1) is 0 Å². The van der Waals surface area contributed by atoms with E-state index in [1.807, 2.05) is 42.5 Å². The van der Waals surface area contributed by atoms with Gasteiger partial charge in [-0.25, -0.2) is 0 Å². The summed E-state index contributed by atoms with van der Waals surface area (Å²) in [6.45, 7) is 4.34. The Morgan fingerprint density at radius 1 is 0.900 bits per heavy atom. The standard InChI is InChI=1S/C15H16O4Si/c1-11(16)18-20(3,19-12(2)17)15-10-6-8-13-7-4-5-9-14(13)15/h4-10H,1-3H3. The summed E-state index contributed by atoms with van der Waals surface area (Å²) >= 11 is 0. The van der Waals surface area contributed by atoms with Gasteiger partial charge in [0.25, 0.3) is 11.9 Å². The van der Waals surface area contributed by atoms with Gasteiger partial charge in [-0.15, -0.1) is 0 Å². The van der Waals surface area contributed by atoms with Crippen molar-refractivity contribution in [2.45, 2.75) is 20.4 Å². The Balaban J connectivity index is 2.61. The fourth-order valence-corrected chi connectivity index (χ4v) is 4.78. The van der Waals surface area contributed by atoms with Gasteiger partial charge >= 0.3 is 8.56 Å². The van der Waals surface area contributed by atoms with Crippen molar-refractivity contribution >= 4 is 36.5 Å². The van der Waals surface area contributed by atoms with E-state index in [0.29, 0.717) is 0 Å². The molecule has 0 bridgehead atoms. The van der Waals surface area contributed by atoms with Crippen molar-refractivity contribution in [2.75, 3.05) is 0 Å². The lowest BCUT2D eigenvalue weighted by Gasteiger charge is -2.26. The minimum atomic E-state index is -3.12. The van der Waals surface area contributed by atoms with E-state index in [1.54, 1.807) is 6.55 Å². The third-order valence-corrected chi connectivity index (χ3v) is 5.72. The third-order valence-electron chi connectivity index (χ3n) is 2.96. The van der Waals surface area contributed by atoms with Gasteiger partial charge in [-0.2, -0.15) is 0 Å². The summed E-state index contributed by atoms with van der Waals surface area (Å²) in [4.78, 5) is 22.7. The molecule has 2 rings (SSSR count). The molecule has 0 aliphatic carbocycles. The van der Waals surface area contributed by atoms with Crippen LogP contribution in [0.1, 0.15) is 13.8 Å². The van der Waals surface area contributed by atoms with Gasteiger partial charge in [0.15, 0.2) is 0 Å². The lowest BCUT2D eigenvalue weighted by molar-refractivity contribution is -0.138. The fraction of sp³-hybridized carbons (Fsp3) is 0.200. The molecule has 20 heavy (non-hydrogen) atoms. The SMILES string of the molecule is CC(=O)O[Si](C)(OC(C)=O)c1cccc2ccccc12. The molecular formula is C15H16O4Si. The predicted octanol–water partition coefficient (Wildman–Crippen LogP) is 2.25. The van der Waals surface area contributed by atoms with E-state index in [4.69, 9.17) is 8.85 Å². The second-order valence-electron chi connectivity index (χ2n) is 4.66. The molecule has 0 spiro atoms. The van der Waals surface area contributed by atoms with Gasteiger partial charge in [0, 0.05) is 25.6 Å². The minimum Gasteiger partial charge on any atom is -0.482 e. The lowest BCUT2D eigenvalue weighted by Crippen LogP contribution is -2.53. The van der Waals surface area contributed by atoms with Crippen LogP contribution in [0.15, 0.2) is 42.5 Å². The molecule has 104 valence electrons. The number of benzene rings is 2. The maximum Gasteiger partial charge on any atom is 0.496 e. The largest absolute Gasteiger partial charge is 0.496 e. The fourth-order valence-electron chi connectivity index (χ4n) is 2.30. The molecule has 5 heteroatoms. The van der Waals surface area contributed by atoms with Crippen LogP contribution in [0.3, 0.4) is 0 Å². The van der Waals surface area contributed by atoms with E-state index in [9.17, 15) is 9.59 Å². The Morgan fingerprint density at radius 2 is 1.45 bits per heavy atom. The van der Waals surface area contributed by atoms with E-state index in [1.165, 1.54) is 13.8 Å². The van der Waals surface area contributed by atoms with Crippen LogP contribution in [0.25, 0.3) is 10.8 Å². The van der Waals surface area contributed by atoms with Gasteiger partial charge in [-0.1, -0.05) is 42.5 Å². The molecule has 2 aromatic carbocycles. The van der Waals surface area contributed by atoms with Crippen LogP contribution in [0.4, 0.5) is 0 Å². The lowest BCUT2D eigenvalue weighted by atomic mass is 10.1. The van der Waals surface area contributed by atoms with Crippen LogP contribution in [-0.2, 0) is 18.4 Å². The molecular weight excluding hydrogens is 272 g/mol. The molecule has 0 saturated carbocycles. The normalized spacial score (nSPS) is 11.2. The van der Waals surface area contributed by atoms with Crippen LogP contribution in [0, 0.1) is 0 Å². The average molecular weight is 288 g/mol. The van der Waals surface area contributed by atoms with E-state index in [2.05, 4.69) is 0 Å². The van der Waals surface area contributed by atoms with E-state index in [-0.39, 0.29) is 0 Å². The van der Waals surface area contributed by atoms with Crippen LogP contribution >= 0.6 is 0 Å². The average Bonchev–Trinajstić information content (AvgIpc) is 2.36. The summed E-state index contributed by atoms with van der Waals surface area (Å²) in [5.74, 6) is -0.901. The highest BCUT2D eigenvalue weighted by Gasteiger charge is 2.42. The molecule has 0 N–H and O–H groups in total. The molecule has 4 nitrogen and oxygen atoms in total. The molecule has 0 aliphatic rings. The van der Waals surface area contributed by atoms with Crippen LogP contribution in [0.2, 0.25) is 6.55 Å². The molecule has 2 aromatic rings. The first-order valence-electron chi connectivity index (χ1n) is 6.30. The second-order valence-corrected chi connectivity index (χ2v) is 7.50. The molecule has 0 radical (unpaired) electrons. The third kappa shape index (κ3) is 2.88. The van der Waals surface area contributed by atoms with Crippen LogP contribution < -0.4 is 5.19 Å².